The van der Waals surface area contributed by atoms with Crippen LogP contribution in [0, 0.1) is 6.92 Å². The topological polar surface area (TPSA) is 55.4 Å². The first-order chi connectivity index (χ1) is 10.5. The lowest BCUT2D eigenvalue weighted by atomic mass is 9.98. The van der Waals surface area contributed by atoms with E-state index in [9.17, 15) is 9.59 Å². The molecule has 0 spiro atoms. The maximum Gasteiger partial charge on any atom is 0.339 e. The standard InChI is InChI=1S/C17H14ClNO3/c1-10-8-12(18)6-7-14(10)19-16(20)15-9-11-4-2-3-5-13(11)17(21)22-15/h2-8,15H,9H2,1H3,(H,19,20)/t15-/m0/s1. The normalized spacial score (nSPS) is 16.6. The van der Waals surface area contributed by atoms with Gasteiger partial charge in [0, 0.05) is 17.1 Å². The first-order valence-corrected chi connectivity index (χ1v) is 7.28. The lowest BCUT2D eigenvalue weighted by Gasteiger charge is -2.24. The van der Waals surface area contributed by atoms with Crippen molar-refractivity contribution in [3.05, 3.63) is 64.2 Å². The van der Waals surface area contributed by atoms with Gasteiger partial charge < -0.3 is 10.1 Å². The monoisotopic (exact) mass is 315 g/mol. The second-order valence-corrected chi connectivity index (χ2v) is 5.64. The van der Waals surface area contributed by atoms with Crippen LogP contribution in [0.5, 0.6) is 0 Å². The summed E-state index contributed by atoms with van der Waals surface area (Å²) in [5.74, 6) is -0.803. The predicted octanol–water partition coefficient (Wildman–Crippen LogP) is 3.37. The Hall–Kier alpha value is -2.33. The van der Waals surface area contributed by atoms with Gasteiger partial charge in [-0.15, -0.1) is 0 Å². The third-order valence-electron chi connectivity index (χ3n) is 3.63. The van der Waals surface area contributed by atoms with E-state index in [-0.39, 0.29) is 5.91 Å². The molecule has 0 radical (unpaired) electrons. The number of hydrogen-bond acceptors (Lipinski definition) is 3. The minimum absolute atomic E-state index is 0.340. The summed E-state index contributed by atoms with van der Waals surface area (Å²) in [5, 5.41) is 3.39. The van der Waals surface area contributed by atoms with Gasteiger partial charge in [0.05, 0.1) is 5.56 Å². The Kier molecular flexibility index (Phi) is 3.86. The molecule has 1 atom stereocenters. The molecule has 0 unspecified atom stereocenters. The van der Waals surface area contributed by atoms with Crippen LogP contribution in [0.1, 0.15) is 21.5 Å². The van der Waals surface area contributed by atoms with Crippen molar-refractivity contribution < 1.29 is 14.3 Å². The van der Waals surface area contributed by atoms with Gasteiger partial charge in [-0.1, -0.05) is 29.8 Å². The number of ether oxygens (including phenoxy) is 1. The molecule has 0 saturated carbocycles. The van der Waals surface area contributed by atoms with Gasteiger partial charge in [-0.2, -0.15) is 0 Å². The van der Waals surface area contributed by atoms with Crippen molar-refractivity contribution in [1.29, 1.82) is 0 Å². The van der Waals surface area contributed by atoms with Crippen LogP contribution in [0.3, 0.4) is 0 Å². The van der Waals surface area contributed by atoms with E-state index in [1.165, 1.54) is 0 Å². The van der Waals surface area contributed by atoms with Crippen LogP contribution in [0.4, 0.5) is 5.69 Å². The molecule has 5 heteroatoms. The number of rotatable bonds is 2. The van der Waals surface area contributed by atoms with E-state index in [2.05, 4.69) is 5.32 Å². The number of hydrogen-bond donors (Lipinski definition) is 1. The average Bonchev–Trinajstić information content (AvgIpc) is 2.50. The van der Waals surface area contributed by atoms with Crippen molar-refractivity contribution >= 4 is 29.2 Å². The number of carbonyl (C=O) groups is 2. The van der Waals surface area contributed by atoms with Crippen molar-refractivity contribution in [2.75, 3.05) is 5.32 Å². The summed E-state index contributed by atoms with van der Waals surface area (Å²) in [6.07, 6.45) is -0.446. The molecule has 1 amide bonds. The second-order valence-electron chi connectivity index (χ2n) is 5.20. The summed E-state index contributed by atoms with van der Waals surface area (Å²) in [5.41, 5.74) is 2.86. The number of carbonyl (C=O) groups excluding carboxylic acids is 2. The highest BCUT2D eigenvalue weighted by Gasteiger charge is 2.31. The minimum atomic E-state index is -0.822. The van der Waals surface area contributed by atoms with Crippen LogP contribution in [0.15, 0.2) is 42.5 Å². The molecule has 0 aliphatic carbocycles. The number of aryl methyl sites for hydroxylation is 1. The number of nitrogens with one attached hydrogen (secondary N) is 1. The molecule has 0 saturated heterocycles. The molecular formula is C17H14ClNO3. The summed E-state index contributed by atoms with van der Waals surface area (Å²) in [4.78, 5) is 24.3. The Morgan fingerprint density at radius 2 is 2.05 bits per heavy atom. The average molecular weight is 316 g/mol. The molecular weight excluding hydrogens is 302 g/mol. The van der Waals surface area contributed by atoms with E-state index in [4.69, 9.17) is 16.3 Å². The van der Waals surface area contributed by atoms with Crippen molar-refractivity contribution in [1.82, 2.24) is 0 Å². The molecule has 1 N–H and O–H groups in total. The van der Waals surface area contributed by atoms with Crippen molar-refractivity contribution in [2.45, 2.75) is 19.4 Å². The fraction of sp³-hybridized carbons (Fsp3) is 0.176. The fourth-order valence-corrected chi connectivity index (χ4v) is 2.68. The van der Waals surface area contributed by atoms with E-state index < -0.39 is 12.1 Å². The molecule has 1 heterocycles. The number of halogens is 1. The number of amides is 1. The Bertz CT molecular complexity index is 757. The lowest BCUT2D eigenvalue weighted by molar-refractivity contribution is -0.125. The molecule has 0 bridgehead atoms. The fourth-order valence-electron chi connectivity index (χ4n) is 2.46. The lowest BCUT2D eigenvalue weighted by Crippen LogP contribution is -2.38. The summed E-state index contributed by atoms with van der Waals surface area (Å²) in [7, 11) is 0. The zero-order chi connectivity index (χ0) is 15.7. The number of anilines is 1. The summed E-state index contributed by atoms with van der Waals surface area (Å²) < 4.78 is 5.23. The van der Waals surface area contributed by atoms with Gasteiger partial charge in [0.1, 0.15) is 0 Å². The van der Waals surface area contributed by atoms with Crippen molar-refractivity contribution in [3.63, 3.8) is 0 Å². The maximum absolute atomic E-state index is 12.3. The Labute approximate surface area is 133 Å². The molecule has 22 heavy (non-hydrogen) atoms. The van der Waals surface area contributed by atoms with Crippen LogP contribution in [-0.4, -0.2) is 18.0 Å². The molecule has 1 aliphatic rings. The van der Waals surface area contributed by atoms with E-state index in [0.29, 0.717) is 22.7 Å². The highest BCUT2D eigenvalue weighted by atomic mass is 35.5. The number of cyclic esters (lactones) is 1. The van der Waals surface area contributed by atoms with Gasteiger partial charge in [-0.25, -0.2) is 4.79 Å². The van der Waals surface area contributed by atoms with E-state index in [0.717, 1.165) is 11.1 Å². The van der Waals surface area contributed by atoms with Crippen LogP contribution in [0.2, 0.25) is 5.02 Å². The highest BCUT2D eigenvalue weighted by molar-refractivity contribution is 6.30. The third kappa shape index (κ3) is 2.83. The van der Waals surface area contributed by atoms with E-state index in [1.54, 1.807) is 30.3 Å². The van der Waals surface area contributed by atoms with Gasteiger partial charge >= 0.3 is 5.97 Å². The van der Waals surface area contributed by atoms with Gasteiger partial charge in [-0.05, 0) is 42.3 Å². The summed E-state index contributed by atoms with van der Waals surface area (Å²) >= 11 is 5.90. The minimum Gasteiger partial charge on any atom is -0.448 e. The predicted molar refractivity (Wildman–Crippen MR) is 84.2 cm³/mol. The molecule has 112 valence electrons. The van der Waals surface area contributed by atoms with E-state index >= 15 is 0 Å². The van der Waals surface area contributed by atoms with Crippen molar-refractivity contribution in [3.8, 4) is 0 Å². The largest absolute Gasteiger partial charge is 0.448 e. The van der Waals surface area contributed by atoms with Crippen LogP contribution in [0.25, 0.3) is 0 Å². The number of fused-ring (bicyclic) bond motifs is 1. The Morgan fingerprint density at radius 1 is 1.27 bits per heavy atom. The summed E-state index contributed by atoms with van der Waals surface area (Å²) in [6.45, 7) is 1.85. The van der Waals surface area contributed by atoms with Crippen LogP contribution in [-0.2, 0) is 16.0 Å². The highest BCUT2D eigenvalue weighted by Crippen LogP contribution is 2.23. The molecule has 0 aromatic heterocycles. The third-order valence-corrected chi connectivity index (χ3v) is 3.87. The Balaban J connectivity index is 1.78. The molecule has 0 fully saturated rings. The molecule has 1 aliphatic heterocycles. The molecule has 4 nitrogen and oxygen atoms in total. The molecule has 2 aromatic rings. The SMILES string of the molecule is Cc1cc(Cl)ccc1NC(=O)[C@@H]1Cc2ccccc2C(=O)O1. The number of esters is 1. The van der Waals surface area contributed by atoms with Crippen LogP contribution >= 0.6 is 11.6 Å². The Morgan fingerprint density at radius 3 is 2.82 bits per heavy atom. The first kappa shape index (κ1) is 14.6. The quantitative estimate of drug-likeness (QED) is 0.864. The van der Waals surface area contributed by atoms with Crippen LogP contribution < -0.4 is 5.32 Å². The number of benzene rings is 2. The van der Waals surface area contributed by atoms with Gasteiger partial charge in [0.25, 0.3) is 5.91 Å². The second kappa shape index (κ2) is 5.81. The molecule has 3 rings (SSSR count). The van der Waals surface area contributed by atoms with Gasteiger partial charge in [0.2, 0.25) is 0 Å². The zero-order valence-electron chi connectivity index (χ0n) is 11.9. The molecule has 2 aromatic carbocycles. The van der Waals surface area contributed by atoms with Crippen molar-refractivity contribution in [2.24, 2.45) is 0 Å². The van der Waals surface area contributed by atoms with Gasteiger partial charge in [0.15, 0.2) is 6.10 Å². The summed E-state index contributed by atoms with van der Waals surface area (Å²) in [6, 6.07) is 12.4. The first-order valence-electron chi connectivity index (χ1n) is 6.90. The maximum atomic E-state index is 12.3. The van der Waals surface area contributed by atoms with Gasteiger partial charge in [-0.3, -0.25) is 4.79 Å². The smallest absolute Gasteiger partial charge is 0.339 e. The van der Waals surface area contributed by atoms with E-state index in [1.807, 2.05) is 19.1 Å². The zero-order valence-corrected chi connectivity index (χ0v) is 12.7.